The Bertz CT molecular complexity index is 330. The molecule has 94 valence electrons. The fraction of sp³-hybridized carbons (Fsp3) is 0.385. The highest BCUT2D eigenvalue weighted by atomic mass is 16.3. The first-order valence-corrected chi connectivity index (χ1v) is 5.73. The van der Waals surface area contributed by atoms with Crippen molar-refractivity contribution in [1.82, 2.24) is 4.90 Å². The normalized spacial score (nSPS) is 10.9. The van der Waals surface area contributed by atoms with E-state index in [0.29, 0.717) is 13.1 Å². The molecule has 0 atom stereocenters. The fourth-order valence-electron chi connectivity index (χ4n) is 1.51. The van der Waals surface area contributed by atoms with Crippen molar-refractivity contribution in [2.45, 2.75) is 6.42 Å². The first-order chi connectivity index (χ1) is 8.26. The van der Waals surface area contributed by atoms with Crippen LogP contribution in [0.5, 0.6) is 0 Å². The highest BCUT2D eigenvalue weighted by Crippen LogP contribution is 2.06. The molecule has 1 aromatic carbocycles. The molecule has 4 N–H and O–H groups in total. The van der Waals surface area contributed by atoms with Gasteiger partial charge in [0, 0.05) is 18.8 Å². The van der Waals surface area contributed by atoms with E-state index in [0.717, 1.165) is 12.1 Å². The number of nitrogens with zero attached hydrogens (tertiary/aromatic N) is 1. The number of allylic oxidation sites excluding steroid dienone is 1. The predicted octanol–water partition coefficient (Wildman–Crippen LogP) is 0.612. The lowest BCUT2D eigenvalue weighted by Crippen LogP contribution is -2.24. The number of nitrogens with two attached hydrogens (primary N) is 1. The van der Waals surface area contributed by atoms with E-state index in [9.17, 15) is 0 Å². The summed E-state index contributed by atoms with van der Waals surface area (Å²) in [6.45, 7) is 1.26. The van der Waals surface area contributed by atoms with Gasteiger partial charge in [-0.15, -0.1) is 0 Å². The first kappa shape index (κ1) is 13.5. The van der Waals surface area contributed by atoms with Gasteiger partial charge >= 0.3 is 0 Å². The van der Waals surface area contributed by atoms with Crippen LogP contribution < -0.4 is 5.73 Å². The van der Waals surface area contributed by atoms with Crippen LogP contribution in [0.1, 0.15) is 5.56 Å². The Kier molecular flexibility index (Phi) is 6.14. The predicted molar refractivity (Wildman–Crippen MR) is 69.4 cm³/mol. The summed E-state index contributed by atoms with van der Waals surface area (Å²) in [5.41, 5.74) is 7.55. The number of nitrogen functional groups attached to an aromatic ring is 1. The van der Waals surface area contributed by atoms with E-state index in [1.807, 2.05) is 41.4 Å². The van der Waals surface area contributed by atoms with Crippen molar-refractivity contribution in [2.75, 3.05) is 32.0 Å². The summed E-state index contributed by atoms with van der Waals surface area (Å²) in [6.07, 6.45) is 4.73. The molecule has 4 nitrogen and oxygen atoms in total. The molecule has 0 unspecified atom stereocenters. The second-order valence-electron chi connectivity index (χ2n) is 3.81. The molecule has 1 rings (SSSR count). The first-order valence-electron chi connectivity index (χ1n) is 5.73. The molecule has 0 saturated heterocycles. The largest absolute Gasteiger partial charge is 0.399 e. The molecule has 0 amide bonds. The number of aliphatic hydroxyl groups excluding tert-OH is 2. The molecule has 0 spiro atoms. The molecule has 0 saturated carbocycles. The Morgan fingerprint density at radius 1 is 1.06 bits per heavy atom. The molecule has 0 aliphatic carbocycles. The standard InChI is InChI=1S/C13H20N2O2/c14-13-5-3-12(4-6-13)2-1-7-15(8-10-16)9-11-17/h1,3-7,16-17H,2,8-11,14H2. The van der Waals surface area contributed by atoms with Gasteiger partial charge in [0.05, 0.1) is 13.2 Å². The van der Waals surface area contributed by atoms with Crippen molar-refractivity contribution in [2.24, 2.45) is 0 Å². The molecular weight excluding hydrogens is 216 g/mol. The SMILES string of the molecule is Nc1ccc(CC=CN(CCO)CCO)cc1. The van der Waals surface area contributed by atoms with Crippen LogP contribution in [0.25, 0.3) is 0 Å². The number of anilines is 1. The van der Waals surface area contributed by atoms with Gasteiger partial charge < -0.3 is 20.8 Å². The summed E-state index contributed by atoms with van der Waals surface area (Å²) >= 11 is 0. The minimum atomic E-state index is 0.0895. The van der Waals surface area contributed by atoms with E-state index < -0.39 is 0 Å². The van der Waals surface area contributed by atoms with Crippen LogP contribution in [0.3, 0.4) is 0 Å². The number of benzene rings is 1. The van der Waals surface area contributed by atoms with E-state index in [-0.39, 0.29) is 13.2 Å². The van der Waals surface area contributed by atoms with Crippen LogP contribution in [0, 0.1) is 0 Å². The van der Waals surface area contributed by atoms with Crippen molar-refractivity contribution in [3.8, 4) is 0 Å². The van der Waals surface area contributed by atoms with Gasteiger partial charge in [-0.1, -0.05) is 18.2 Å². The second kappa shape index (κ2) is 7.70. The van der Waals surface area contributed by atoms with Crippen LogP contribution in [0.4, 0.5) is 5.69 Å². The van der Waals surface area contributed by atoms with Crippen LogP contribution in [-0.4, -0.2) is 41.4 Å². The van der Waals surface area contributed by atoms with Gasteiger partial charge in [0.1, 0.15) is 0 Å². The van der Waals surface area contributed by atoms with Crippen molar-refractivity contribution in [3.63, 3.8) is 0 Å². The molecule has 0 bridgehead atoms. The molecule has 17 heavy (non-hydrogen) atoms. The fourth-order valence-corrected chi connectivity index (χ4v) is 1.51. The van der Waals surface area contributed by atoms with E-state index in [2.05, 4.69) is 0 Å². The number of hydrogen-bond donors (Lipinski definition) is 3. The van der Waals surface area contributed by atoms with Crippen LogP contribution >= 0.6 is 0 Å². The highest BCUT2D eigenvalue weighted by molar-refractivity contribution is 5.39. The Hall–Kier alpha value is -1.52. The number of aliphatic hydroxyl groups is 2. The van der Waals surface area contributed by atoms with Gasteiger partial charge in [0.25, 0.3) is 0 Å². The zero-order chi connectivity index (χ0) is 12.5. The lowest BCUT2D eigenvalue weighted by Gasteiger charge is -2.17. The maximum Gasteiger partial charge on any atom is 0.0606 e. The van der Waals surface area contributed by atoms with Crippen molar-refractivity contribution >= 4 is 5.69 Å². The number of hydrogen-bond acceptors (Lipinski definition) is 4. The second-order valence-corrected chi connectivity index (χ2v) is 3.81. The maximum absolute atomic E-state index is 8.84. The zero-order valence-electron chi connectivity index (χ0n) is 9.92. The maximum atomic E-state index is 8.84. The summed E-state index contributed by atoms with van der Waals surface area (Å²) < 4.78 is 0. The molecule has 4 heteroatoms. The van der Waals surface area contributed by atoms with E-state index in [4.69, 9.17) is 15.9 Å². The van der Waals surface area contributed by atoms with Gasteiger partial charge in [-0.05, 0) is 30.3 Å². The van der Waals surface area contributed by atoms with Gasteiger partial charge in [-0.25, -0.2) is 0 Å². The quantitative estimate of drug-likeness (QED) is 0.607. The Balaban J connectivity index is 2.44. The van der Waals surface area contributed by atoms with Gasteiger partial charge in [0.15, 0.2) is 0 Å². The molecule has 0 aliphatic heterocycles. The molecular formula is C13H20N2O2. The average molecular weight is 236 g/mol. The van der Waals surface area contributed by atoms with Crippen LogP contribution in [0.2, 0.25) is 0 Å². The lowest BCUT2D eigenvalue weighted by atomic mass is 10.1. The minimum absolute atomic E-state index is 0.0895. The Morgan fingerprint density at radius 2 is 1.65 bits per heavy atom. The van der Waals surface area contributed by atoms with Gasteiger partial charge in [-0.2, -0.15) is 0 Å². The van der Waals surface area contributed by atoms with E-state index >= 15 is 0 Å². The van der Waals surface area contributed by atoms with Crippen molar-refractivity contribution < 1.29 is 10.2 Å². The molecule has 1 aromatic rings. The third-order valence-corrected chi connectivity index (χ3v) is 2.42. The average Bonchev–Trinajstić information content (AvgIpc) is 2.32. The monoisotopic (exact) mass is 236 g/mol. The summed E-state index contributed by atoms with van der Waals surface area (Å²) in [6, 6.07) is 7.73. The minimum Gasteiger partial charge on any atom is -0.399 e. The molecule has 0 radical (unpaired) electrons. The third kappa shape index (κ3) is 5.38. The van der Waals surface area contributed by atoms with Crippen molar-refractivity contribution in [1.29, 1.82) is 0 Å². The molecule has 0 heterocycles. The van der Waals surface area contributed by atoms with Crippen molar-refractivity contribution in [3.05, 3.63) is 42.1 Å². The third-order valence-electron chi connectivity index (χ3n) is 2.42. The zero-order valence-corrected chi connectivity index (χ0v) is 9.92. The Labute approximate surface area is 102 Å². The molecule has 0 aliphatic rings. The van der Waals surface area contributed by atoms with Gasteiger partial charge in [-0.3, -0.25) is 0 Å². The topological polar surface area (TPSA) is 69.7 Å². The highest BCUT2D eigenvalue weighted by Gasteiger charge is 1.96. The lowest BCUT2D eigenvalue weighted by molar-refractivity contribution is 0.198. The summed E-state index contributed by atoms with van der Waals surface area (Å²) in [5, 5.41) is 17.7. The smallest absolute Gasteiger partial charge is 0.0606 e. The van der Waals surface area contributed by atoms with E-state index in [1.165, 1.54) is 5.56 Å². The Morgan fingerprint density at radius 3 is 2.18 bits per heavy atom. The van der Waals surface area contributed by atoms with Crippen LogP contribution in [-0.2, 0) is 6.42 Å². The van der Waals surface area contributed by atoms with Gasteiger partial charge in [0.2, 0.25) is 0 Å². The molecule has 0 aromatic heterocycles. The summed E-state index contributed by atoms with van der Waals surface area (Å²) in [4.78, 5) is 1.89. The summed E-state index contributed by atoms with van der Waals surface area (Å²) in [5.74, 6) is 0. The van der Waals surface area contributed by atoms with E-state index in [1.54, 1.807) is 0 Å². The van der Waals surface area contributed by atoms with Crippen LogP contribution in [0.15, 0.2) is 36.5 Å². The molecule has 0 fully saturated rings. The summed E-state index contributed by atoms with van der Waals surface area (Å²) in [7, 11) is 0. The number of rotatable bonds is 7.